The van der Waals surface area contributed by atoms with Crippen LogP contribution < -0.4 is 0 Å². The second kappa shape index (κ2) is 30.1. The van der Waals surface area contributed by atoms with E-state index in [1.54, 1.807) is 33.8 Å². The maximum absolute atomic E-state index is 14.0. The molecule has 0 aromatic rings. The molecule has 10 aliphatic rings. The van der Waals surface area contributed by atoms with Crippen molar-refractivity contribution in [2.24, 2.45) is 98.6 Å². The number of hydrogen-bond donors (Lipinski definition) is 7. The second-order valence-electron chi connectivity index (χ2n) is 32.3. The van der Waals surface area contributed by atoms with Gasteiger partial charge in [0.1, 0.15) is 42.4 Å². The van der Waals surface area contributed by atoms with Gasteiger partial charge in [-0.25, -0.2) is 4.79 Å². The average molecular weight is 1430 g/mol. The summed E-state index contributed by atoms with van der Waals surface area (Å²) in [6, 6.07) is 0. The summed E-state index contributed by atoms with van der Waals surface area (Å²) in [6.07, 6.45) is 4.57. The number of aliphatic hydroxyl groups is 7. The highest BCUT2D eigenvalue weighted by Crippen LogP contribution is 2.76. The first-order chi connectivity index (χ1) is 45.3. The first kappa shape index (κ1) is 79.2. The summed E-state index contributed by atoms with van der Waals surface area (Å²) in [6.45, 7) is 34.5. The van der Waals surface area contributed by atoms with Gasteiger partial charge in [0.05, 0.1) is 55.0 Å². The Bertz CT molecular complexity index is 2930. The van der Waals surface area contributed by atoms with Crippen LogP contribution in [-0.2, 0) is 66.7 Å². The van der Waals surface area contributed by atoms with Crippen molar-refractivity contribution in [3.8, 4) is 0 Å². The SMILES string of the molecule is C=COCCCCCC.CC1=CC(=O)[C@@H](O)[C@]2(C)C3[C@]45CO[C@@]3(O)[C@H](O)[C@H](C)C4C(CC(=O)CC(O)(C(C)C)C(C)C)C(=O)O[C@@H]5C[C@@H]12.CCCCCCOC(CBr)O[C@@H]1C(=O)C=C(C)[C@@H]2C[C@H]3OC(=O)C(OC(=O)CC(O)(C(C)C)C(C)C)C4[C@@H](C)[C@@H](O)[C@]5(O)OC[C@@]43C5[C@@]12C. The minimum atomic E-state index is -2.11. The van der Waals surface area contributed by atoms with Crippen LogP contribution in [0.25, 0.3) is 0 Å². The molecular formula is C75H117BrO21. The van der Waals surface area contributed by atoms with Gasteiger partial charge in [-0.2, -0.15) is 0 Å². The molecular weight excluding hydrogens is 1320 g/mol. The predicted molar refractivity (Wildman–Crippen MR) is 361 cm³/mol. The second-order valence-corrected chi connectivity index (χ2v) is 33.0. The van der Waals surface area contributed by atoms with Crippen LogP contribution in [-0.4, -0.2) is 175 Å². The molecule has 22 heteroatoms. The van der Waals surface area contributed by atoms with Crippen molar-refractivity contribution in [1.29, 1.82) is 0 Å². The summed E-state index contributed by atoms with van der Waals surface area (Å²) in [7, 11) is 0. The molecule has 8 fully saturated rings. The lowest BCUT2D eigenvalue weighted by Gasteiger charge is -2.68. The van der Waals surface area contributed by atoms with Crippen molar-refractivity contribution < 1.29 is 102 Å². The number of ketones is 3. The Labute approximate surface area is 583 Å². The number of alkyl halides is 1. The van der Waals surface area contributed by atoms with E-state index in [4.69, 9.17) is 37.9 Å². The topological polar surface area (TPSA) is 318 Å². The van der Waals surface area contributed by atoms with Gasteiger partial charge in [-0.15, -0.1) is 0 Å². The highest BCUT2D eigenvalue weighted by molar-refractivity contribution is 9.09. The summed E-state index contributed by atoms with van der Waals surface area (Å²) >= 11 is 3.50. The number of ether oxygens (including phenoxy) is 8. The lowest BCUT2D eigenvalue weighted by atomic mass is 9.37. The molecule has 23 atom stereocenters. The molecule has 4 heterocycles. The first-order valence-electron chi connectivity index (χ1n) is 36.2. The Morgan fingerprint density at radius 2 is 1.14 bits per heavy atom. The molecule has 0 radical (unpaired) electrons. The van der Waals surface area contributed by atoms with Crippen LogP contribution in [0.1, 0.15) is 194 Å². The maximum Gasteiger partial charge on any atom is 0.348 e. The quantitative estimate of drug-likeness (QED) is 0.0106. The number of unbranched alkanes of at least 4 members (excludes halogenated alkanes) is 6. The number of hydrogen-bond acceptors (Lipinski definition) is 21. The minimum absolute atomic E-state index is 0.0310. The fourth-order valence-corrected chi connectivity index (χ4v) is 21.2. The monoisotopic (exact) mass is 1430 g/mol. The molecule has 7 unspecified atom stereocenters. The van der Waals surface area contributed by atoms with Crippen molar-refractivity contribution >= 4 is 51.2 Å². The van der Waals surface area contributed by atoms with E-state index in [9.17, 15) is 64.5 Å². The molecule has 4 saturated carbocycles. The van der Waals surface area contributed by atoms with Gasteiger partial charge in [-0.05, 0) is 105 Å². The van der Waals surface area contributed by atoms with Crippen LogP contribution in [0, 0.1) is 98.6 Å². The number of allylic oxidation sites excluding steroid dienone is 2. The predicted octanol–water partition coefficient (Wildman–Crippen LogP) is 8.97. The standard InChI is InChI=1S/C37H57BrO11.C30H44O9.C8H16O/c1-9-10-11-12-13-45-27(17-38)49-31-24(39)14-21(6)23-15-25-35-18-46-37(44,33(35)34(23,31)8)30(41)22(7)28(35)29(32(42)47-25)48-26(40)16-36(43,19(2)3)20(4)5;1-13(2)29(36,14(3)4)11-17(31)9-18-22-16(6)23(33)30(37)26-27(7)19(15(5)8-20(32)24(27)34)10-21(39-25(18)35)28(22,26)12-38-30;1-3-5-6-7-8-9-4-2/h14,19-20,22-23,25,27-31,33,41,43-44H,9-13,15-18H2,1-8H3;8,13-14,16,18-19,21-24,26,33-34,36-37H,9-12H2,1-7H3;4H,2-3,5-8H2,1H3/t22-,23+,25-,27?,28?,29?,30-,31-,33?,34-,35+,37+;16-,18?,19+,21-,22?,23-,24-,26?,27-,28+,30+;/m11./s1. The average Bonchev–Trinajstić information content (AvgIpc) is 1.59. The van der Waals surface area contributed by atoms with E-state index in [2.05, 4.69) is 36.4 Å². The number of Topliss-reactive ketones (excluding diaryl/α,β-unsaturated/α-hetero) is 1. The Balaban J connectivity index is 0.000000224. The molecule has 4 saturated heterocycles. The van der Waals surface area contributed by atoms with Crippen LogP contribution in [0.4, 0.5) is 0 Å². The van der Waals surface area contributed by atoms with E-state index in [-0.39, 0.29) is 79.6 Å². The number of fused-ring (bicyclic) bond motifs is 2. The summed E-state index contributed by atoms with van der Waals surface area (Å²) in [5.74, 6) is -14.5. The van der Waals surface area contributed by atoms with Gasteiger partial charge in [0.25, 0.3) is 0 Å². The molecule has 21 nitrogen and oxygen atoms in total. The zero-order chi connectivity index (χ0) is 72.2. The fraction of sp³-hybridized carbons (Fsp3) is 0.840. The van der Waals surface area contributed by atoms with Crippen LogP contribution in [0.2, 0.25) is 0 Å². The molecule has 6 aliphatic carbocycles. The lowest BCUT2D eigenvalue weighted by molar-refractivity contribution is -0.345. The normalized spacial score (nSPS) is 40.2. The molecule has 0 aromatic heterocycles. The van der Waals surface area contributed by atoms with E-state index < -0.39 is 159 Å². The number of halogens is 1. The molecule has 97 heavy (non-hydrogen) atoms. The van der Waals surface area contributed by atoms with Crippen molar-refractivity contribution in [2.75, 3.05) is 31.8 Å². The fourth-order valence-electron chi connectivity index (χ4n) is 20.9. The van der Waals surface area contributed by atoms with Crippen molar-refractivity contribution in [1.82, 2.24) is 0 Å². The summed E-state index contributed by atoms with van der Waals surface area (Å²) in [4.78, 5) is 81.4. The van der Waals surface area contributed by atoms with Crippen LogP contribution >= 0.6 is 15.9 Å². The Morgan fingerprint density at radius 1 is 0.680 bits per heavy atom. The highest BCUT2D eigenvalue weighted by Gasteiger charge is 2.85. The molecule has 4 aliphatic heterocycles. The highest BCUT2D eigenvalue weighted by atomic mass is 79.9. The number of aliphatic hydroxyl groups excluding tert-OH is 3. The third-order valence-corrected chi connectivity index (χ3v) is 26.5. The van der Waals surface area contributed by atoms with E-state index >= 15 is 0 Å². The molecule has 2 spiro atoms. The van der Waals surface area contributed by atoms with Gasteiger partial charge in [0.15, 0.2) is 29.4 Å². The summed E-state index contributed by atoms with van der Waals surface area (Å²) in [5, 5.41) is 82.1. The molecule has 4 bridgehead atoms. The number of carbonyl (C=O) groups is 6. The van der Waals surface area contributed by atoms with Gasteiger partial charge in [-0.3, -0.25) is 24.0 Å². The summed E-state index contributed by atoms with van der Waals surface area (Å²) in [5.41, 5.74) is -5.60. The zero-order valence-corrected chi connectivity index (χ0v) is 62.1. The van der Waals surface area contributed by atoms with Crippen LogP contribution in [0.3, 0.4) is 0 Å². The van der Waals surface area contributed by atoms with Gasteiger partial charge >= 0.3 is 17.9 Å². The molecule has 10 rings (SSSR count). The van der Waals surface area contributed by atoms with Gasteiger partial charge in [0, 0.05) is 58.9 Å². The number of esters is 3. The Kier molecular flexibility index (Phi) is 24.5. The largest absolute Gasteiger partial charge is 0.502 e. The Hall–Kier alpha value is -3.52. The summed E-state index contributed by atoms with van der Waals surface area (Å²) < 4.78 is 48.1. The van der Waals surface area contributed by atoms with Gasteiger partial charge in [0.2, 0.25) is 6.10 Å². The van der Waals surface area contributed by atoms with E-state index in [1.165, 1.54) is 38.0 Å². The van der Waals surface area contributed by atoms with Gasteiger partial charge < -0.3 is 73.6 Å². The first-order valence-corrected chi connectivity index (χ1v) is 37.3. The van der Waals surface area contributed by atoms with Crippen molar-refractivity contribution in [2.45, 2.75) is 266 Å². The number of carbonyl (C=O) groups excluding carboxylic acids is 6. The van der Waals surface area contributed by atoms with E-state index in [1.807, 2.05) is 69.2 Å². The third-order valence-electron chi connectivity index (χ3n) is 26.0. The third kappa shape index (κ3) is 13.2. The van der Waals surface area contributed by atoms with E-state index in [0.29, 0.717) is 24.8 Å². The number of rotatable bonds is 26. The lowest BCUT2D eigenvalue weighted by Crippen LogP contribution is -2.78. The van der Waals surface area contributed by atoms with E-state index in [0.717, 1.165) is 43.4 Å². The molecule has 0 amide bonds. The van der Waals surface area contributed by atoms with Gasteiger partial charge in [-0.1, -0.05) is 169 Å². The molecule has 550 valence electrons. The molecule has 0 aromatic carbocycles. The van der Waals surface area contributed by atoms with Crippen LogP contribution in [0.15, 0.2) is 36.1 Å². The minimum Gasteiger partial charge on any atom is -0.502 e. The zero-order valence-electron chi connectivity index (χ0n) is 60.5. The van der Waals surface area contributed by atoms with Crippen LogP contribution in [0.5, 0.6) is 0 Å². The smallest absolute Gasteiger partial charge is 0.348 e. The molecule has 7 N–H and O–H groups in total. The van der Waals surface area contributed by atoms with Crippen molar-refractivity contribution in [3.63, 3.8) is 0 Å². The van der Waals surface area contributed by atoms with Crippen molar-refractivity contribution in [3.05, 3.63) is 36.1 Å². The Morgan fingerprint density at radius 3 is 1.65 bits per heavy atom. The maximum atomic E-state index is 14.0.